The first-order valence-electron chi connectivity index (χ1n) is 6.97. The van der Waals surface area contributed by atoms with Crippen LogP contribution >= 0.6 is 0 Å². The average molecular weight is 329 g/mol. The molecule has 0 aromatic heterocycles. The fourth-order valence-corrected chi connectivity index (χ4v) is 1.94. The number of anilines is 1. The number of hydrogen-bond donors (Lipinski definition) is 2. The van der Waals surface area contributed by atoms with Gasteiger partial charge in [-0.05, 0) is 11.6 Å². The zero-order valence-corrected chi connectivity index (χ0v) is 12.8. The number of nitro groups is 1. The van der Waals surface area contributed by atoms with Gasteiger partial charge in [0.1, 0.15) is 5.75 Å². The highest BCUT2D eigenvalue weighted by Crippen LogP contribution is 2.28. The molecule has 8 nitrogen and oxygen atoms in total. The summed E-state index contributed by atoms with van der Waals surface area (Å²) in [6.45, 7) is 0.194. The maximum Gasteiger partial charge on any atom is 0.313 e. The molecule has 0 atom stereocenters. The maximum absolute atomic E-state index is 11.9. The molecule has 0 saturated carbocycles. The summed E-state index contributed by atoms with van der Waals surface area (Å²) in [7, 11) is 1.35. The lowest BCUT2D eigenvalue weighted by molar-refractivity contribution is -0.384. The lowest BCUT2D eigenvalue weighted by Gasteiger charge is -2.10. The summed E-state index contributed by atoms with van der Waals surface area (Å²) in [5.74, 6) is -1.58. The van der Waals surface area contributed by atoms with Crippen LogP contribution in [0.15, 0.2) is 48.5 Å². The number of benzene rings is 2. The van der Waals surface area contributed by atoms with Crippen LogP contribution in [-0.2, 0) is 16.1 Å². The molecular weight excluding hydrogens is 314 g/mol. The molecule has 0 spiro atoms. The first-order chi connectivity index (χ1) is 11.5. The van der Waals surface area contributed by atoms with Gasteiger partial charge in [0.25, 0.3) is 5.69 Å². The lowest BCUT2D eigenvalue weighted by atomic mass is 10.2. The van der Waals surface area contributed by atoms with Crippen LogP contribution < -0.4 is 15.4 Å². The van der Waals surface area contributed by atoms with Gasteiger partial charge < -0.3 is 15.4 Å². The quantitative estimate of drug-likeness (QED) is 0.494. The summed E-state index contributed by atoms with van der Waals surface area (Å²) in [4.78, 5) is 34.0. The minimum atomic E-state index is -0.940. The van der Waals surface area contributed by atoms with E-state index in [1.54, 1.807) is 0 Å². The van der Waals surface area contributed by atoms with Gasteiger partial charge in [-0.15, -0.1) is 0 Å². The van der Waals surface area contributed by atoms with Crippen molar-refractivity contribution < 1.29 is 19.2 Å². The van der Waals surface area contributed by atoms with Crippen LogP contribution in [0.25, 0.3) is 0 Å². The van der Waals surface area contributed by atoms with Crippen molar-refractivity contribution in [3.8, 4) is 5.75 Å². The van der Waals surface area contributed by atoms with Gasteiger partial charge in [-0.3, -0.25) is 19.7 Å². The molecule has 2 aromatic carbocycles. The Morgan fingerprint density at radius 2 is 1.83 bits per heavy atom. The number of rotatable bonds is 5. The summed E-state index contributed by atoms with van der Waals surface area (Å²) >= 11 is 0. The Kier molecular flexibility index (Phi) is 5.45. The molecule has 0 aliphatic heterocycles. The number of amides is 2. The highest BCUT2D eigenvalue weighted by atomic mass is 16.6. The van der Waals surface area contributed by atoms with Crippen molar-refractivity contribution in [3.63, 3.8) is 0 Å². The SMILES string of the molecule is COc1ccc([N+](=O)[O-])cc1NC(=O)C(=O)NCc1ccccc1. The first kappa shape index (κ1) is 16.9. The van der Waals surface area contributed by atoms with E-state index >= 15 is 0 Å². The van der Waals surface area contributed by atoms with E-state index in [2.05, 4.69) is 10.6 Å². The smallest absolute Gasteiger partial charge is 0.313 e. The number of ether oxygens (including phenoxy) is 1. The first-order valence-corrected chi connectivity index (χ1v) is 6.97. The van der Waals surface area contributed by atoms with Crippen molar-refractivity contribution in [1.29, 1.82) is 0 Å². The summed E-state index contributed by atoms with van der Waals surface area (Å²) in [6, 6.07) is 12.8. The third kappa shape index (κ3) is 4.29. The molecule has 0 aliphatic carbocycles. The van der Waals surface area contributed by atoms with Crippen molar-refractivity contribution in [2.75, 3.05) is 12.4 Å². The van der Waals surface area contributed by atoms with Gasteiger partial charge >= 0.3 is 11.8 Å². The normalized spacial score (nSPS) is 9.88. The molecule has 2 amide bonds. The number of nitrogens with one attached hydrogen (secondary N) is 2. The van der Waals surface area contributed by atoms with E-state index in [1.807, 2.05) is 30.3 Å². The third-order valence-electron chi connectivity index (χ3n) is 3.14. The summed E-state index contributed by atoms with van der Waals surface area (Å²) in [5.41, 5.74) is 0.661. The Balaban J connectivity index is 2.04. The minimum absolute atomic E-state index is 0.0477. The van der Waals surface area contributed by atoms with Crippen molar-refractivity contribution in [3.05, 3.63) is 64.2 Å². The lowest BCUT2D eigenvalue weighted by Crippen LogP contribution is -2.35. The second-order valence-corrected chi connectivity index (χ2v) is 4.76. The summed E-state index contributed by atoms with van der Waals surface area (Å²) in [6.07, 6.45) is 0. The van der Waals surface area contributed by atoms with Crippen molar-refractivity contribution in [2.24, 2.45) is 0 Å². The highest BCUT2D eigenvalue weighted by molar-refractivity contribution is 6.39. The van der Waals surface area contributed by atoms with Crippen LogP contribution in [-0.4, -0.2) is 23.8 Å². The third-order valence-corrected chi connectivity index (χ3v) is 3.14. The maximum atomic E-state index is 11.9. The van der Waals surface area contributed by atoms with Gasteiger partial charge in [0.15, 0.2) is 0 Å². The summed E-state index contributed by atoms with van der Waals surface area (Å²) in [5, 5.41) is 15.6. The van der Waals surface area contributed by atoms with Crippen LogP contribution in [0, 0.1) is 10.1 Å². The Morgan fingerprint density at radius 1 is 1.12 bits per heavy atom. The van der Waals surface area contributed by atoms with E-state index in [1.165, 1.54) is 19.2 Å². The molecule has 0 aliphatic rings. The summed E-state index contributed by atoms with van der Waals surface area (Å²) < 4.78 is 5.02. The molecule has 0 unspecified atom stereocenters. The molecule has 0 heterocycles. The number of nitrogens with zero attached hydrogens (tertiary/aromatic N) is 1. The van der Waals surface area contributed by atoms with Gasteiger partial charge in [0.2, 0.25) is 0 Å². The molecular formula is C16H15N3O5. The zero-order valence-electron chi connectivity index (χ0n) is 12.8. The molecule has 0 radical (unpaired) electrons. The molecule has 8 heteroatoms. The standard InChI is InChI=1S/C16H15N3O5/c1-24-14-8-7-12(19(22)23)9-13(14)18-16(21)15(20)17-10-11-5-3-2-4-6-11/h2-9H,10H2,1H3,(H,17,20)(H,18,21). The van der Waals surface area contributed by atoms with Gasteiger partial charge in [-0.2, -0.15) is 0 Å². The van der Waals surface area contributed by atoms with Crippen LogP contribution in [0.5, 0.6) is 5.75 Å². The largest absolute Gasteiger partial charge is 0.495 e. The van der Waals surface area contributed by atoms with Crippen molar-refractivity contribution >= 4 is 23.2 Å². The second-order valence-electron chi connectivity index (χ2n) is 4.76. The monoisotopic (exact) mass is 329 g/mol. The van der Waals surface area contributed by atoms with Crippen molar-refractivity contribution in [1.82, 2.24) is 5.32 Å². The van der Waals surface area contributed by atoms with Crippen LogP contribution in [0.3, 0.4) is 0 Å². The Hall–Kier alpha value is -3.42. The van der Waals surface area contributed by atoms with E-state index in [0.717, 1.165) is 11.6 Å². The number of non-ortho nitro benzene ring substituents is 1. The van der Waals surface area contributed by atoms with Crippen LogP contribution in [0.4, 0.5) is 11.4 Å². The van der Waals surface area contributed by atoms with E-state index in [9.17, 15) is 19.7 Å². The highest BCUT2D eigenvalue weighted by Gasteiger charge is 2.18. The van der Waals surface area contributed by atoms with Gasteiger partial charge in [-0.25, -0.2) is 0 Å². The van der Waals surface area contributed by atoms with E-state index < -0.39 is 16.7 Å². The molecule has 2 N–H and O–H groups in total. The Morgan fingerprint density at radius 3 is 2.46 bits per heavy atom. The second kappa shape index (κ2) is 7.73. The fraction of sp³-hybridized carbons (Fsp3) is 0.125. The number of methoxy groups -OCH3 is 1. The molecule has 0 bridgehead atoms. The number of hydrogen-bond acceptors (Lipinski definition) is 5. The number of carbonyl (C=O) groups excluding carboxylic acids is 2. The average Bonchev–Trinajstić information content (AvgIpc) is 2.60. The topological polar surface area (TPSA) is 111 Å². The molecule has 124 valence electrons. The molecule has 0 saturated heterocycles. The predicted molar refractivity (Wildman–Crippen MR) is 86.6 cm³/mol. The molecule has 2 rings (SSSR count). The van der Waals surface area contributed by atoms with E-state index in [0.29, 0.717) is 0 Å². The fourth-order valence-electron chi connectivity index (χ4n) is 1.94. The zero-order chi connectivity index (χ0) is 17.5. The van der Waals surface area contributed by atoms with Crippen LogP contribution in [0.1, 0.15) is 5.56 Å². The van der Waals surface area contributed by atoms with Gasteiger partial charge in [0.05, 0.1) is 17.7 Å². The molecule has 0 fully saturated rings. The molecule has 24 heavy (non-hydrogen) atoms. The molecule has 2 aromatic rings. The Labute approximate surface area is 137 Å². The van der Waals surface area contributed by atoms with E-state index in [-0.39, 0.29) is 23.7 Å². The van der Waals surface area contributed by atoms with Gasteiger partial charge in [0, 0.05) is 18.7 Å². The van der Waals surface area contributed by atoms with Gasteiger partial charge in [-0.1, -0.05) is 30.3 Å². The predicted octanol–water partition coefficient (Wildman–Crippen LogP) is 1.86. The Bertz CT molecular complexity index is 762. The van der Waals surface area contributed by atoms with E-state index in [4.69, 9.17) is 4.74 Å². The number of nitro benzene ring substituents is 1. The minimum Gasteiger partial charge on any atom is -0.495 e. The van der Waals surface area contributed by atoms with Crippen LogP contribution in [0.2, 0.25) is 0 Å². The number of carbonyl (C=O) groups is 2. The van der Waals surface area contributed by atoms with Crippen molar-refractivity contribution in [2.45, 2.75) is 6.54 Å².